The van der Waals surface area contributed by atoms with Crippen LogP contribution in [0.3, 0.4) is 0 Å². The van der Waals surface area contributed by atoms with Gasteiger partial charge in [0.25, 0.3) is 0 Å². The molecular weight excluding hydrogens is 422 g/mol. The van der Waals surface area contributed by atoms with Gasteiger partial charge in [0.05, 0.1) is 0 Å². The Bertz CT molecular complexity index is 1000. The molecule has 6 nitrogen and oxygen atoms in total. The molecule has 160 valence electrons. The third-order valence-electron chi connectivity index (χ3n) is 6.47. The van der Waals surface area contributed by atoms with Crippen molar-refractivity contribution in [3.05, 3.63) is 59.4 Å². The number of rotatable bonds is 6. The number of nitrogens with one attached hydrogen (secondary N) is 1. The number of hydrogen-bond donors (Lipinski definition) is 1. The summed E-state index contributed by atoms with van der Waals surface area (Å²) < 4.78 is 27.1. The van der Waals surface area contributed by atoms with Crippen LogP contribution in [0.1, 0.15) is 37.7 Å². The number of hydrogen-bond acceptors (Lipinski definition) is 4. The number of carbonyl (C=O) groups excluding carboxylic acids is 1. The maximum atomic E-state index is 12.8. The molecule has 0 bridgehead atoms. The number of amides is 1. The lowest BCUT2D eigenvalue weighted by molar-refractivity contribution is -0.126. The van der Waals surface area contributed by atoms with Crippen molar-refractivity contribution >= 4 is 27.5 Å². The highest BCUT2D eigenvalue weighted by atomic mass is 35.5. The molecule has 8 heteroatoms. The highest BCUT2D eigenvalue weighted by molar-refractivity contribution is 7.89. The molecule has 30 heavy (non-hydrogen) atoms. The molecule has 1 saturated heterocycles. The first-order valence-corrected chi connectivity index (χ1v) is 12.2. The molecule has 0 atom stereocenters. The van der Waals surface area contributed by atoms with Crippen LogP contribution in [-0.4, -0.2) is 43.2 Å². The van der Waals surface area contributed by atoms with Crippen molar-refractivity contribution in [1.29, 1.82) is 0 Å². The summed E-state index contributed by atoms with van der Waals surface area (Å²) in [5, 5.41) is 3.13. The molecule has 4 rings (SSSR count). The summed E-state index contributed by atoms with van der Waals surface area (Å²) >= 11 is 5.98. The van der Waals surface area contributed by atoms with Gasteiger partial charge in [-0.3, -0.25) is 4.79 Å². The van der Waals surface area contributed by atoms with E-state index in [1.807, 2.05) is 18.2 Å². The lowest BCUT2D eigenvalue weighted by atomic mass is 9.64. The molecule has 2 aromatic rings. The fraction of sp³-hybridized carbons (Fsp3) is 0.455. The second-order valence-corrected chi connectivity index (χ2v) is 10.5. The fourth-order valence-electron chi connectivity index (χ4n) is 4.42. The third kappa shape index (κ3) is 4.11. The lowest BCUT2D eigenvalue weighted by Gasteiger charge is -2.43. The number of aromatic nitrogens is 1. The number of pyridine rings is 1. The van der Waals surface area contributed by atoms with Gasteiger partial charge >= 0.3 is 0 Å². The van der Waals surface area contributed by atoms with Crippen LogP contribution in [0, 0.1) is 5.92 Å². The molecule has 1 amide bonds. The number of halogens is 1. The van der Waals surface area contributed by atoms with Gasteiger partial charge in [-0.1, -0.05) is 48.4 Å². The van der Waals surface area contributed by atoms with E-state index in [-0.39, 0.29) is 27.3 Å². The second-order valence-electron chi connectivity index (χ2n) is 8.19. The molecule has 2 heterocycles. The zero-order valence-electron chi connectivity index (χ0n) is 16.8. The Labute approximate surface area is 182 Å². The Morgan fingerprint density at radius 3 is 2.43 bits per heavy atom. The van der Waals surface area contributed by atoms with Gasteiger partial charge in [-0.05, 0) is 43.4 Å². The second kappa shape index (κ2) is 8.65. The zero-order valence-corrected chi connectivity index (χ0v) is 18.3. The minimum absolute atomic E-state index is 0.0179. The number of carbonyl (C=O) groups is 1. The molecule has 0 unspecified atom stereocenters. The topological polar surface area (TPSA) is 79.4 Å². The molecule has 1 N–H and O–H groups in total. The minimum Gasteiger partial charge on any atom is -0.355 e. The molecule has 1 aliphatic heterocycles. The van der Waals surface area contributed by atoms with Gasteiger partial charge in [0, 0.05) is 37.2 Å². The SMILES string of the molecule is O=C(NCC1(c2ccccc2)CCC1)C1CCN(S(=O)(=O)c2cccnc2Cl)CC1. The van der Waals surface area contributed by atoms with Crippen LogP contribution in [-0.2, 0) is 20.2 Å². The minimum atomic E-state index is -3.70. The molecule has 1 saturated carbocycles. The predicted molar refractivity (Wildman–Crippen MR) is 116 cm³/mol. The summed E-state index contributed by atoms with van der Waals surface area (Å²) in [7, 11) is -3.70. The first kappa shape index (κ1) is 21.3. The van der Waals surface area contributed by atoms with Gasteiger partial charge in [0.1, 0.15) is 10.0 Å². The Balaban J connectivity index is 1.34. The van der Waals surface area contributed by atoms with E-state index in [1.54, 1.807) is 6.07 Å². The highest BCUT2D eigenvalue weighted by Gasteiger charge is 2.40. The van der Waals surface area contributed by atoms with Gasteiger partial charge in [-0.15, -0.1) is 0 Å². The molecule has 2 aliphatic rings. The number of sulfonamides is 1. The summed E-state index contributed by atoms with van der Waals surface area (Å²) in [6.45, 7) is 1.24. The first-order valence-electron chi connectivity index (χ1n) is 10.4. The van der Waals surface area contributed by atoms with E-state index >= 15 is 0 Å². The maximum absolute atomic E-state index is 12.8. The average molecular weight is 448 g/mol. The number of piperidine rings is 1. The van der Waals surface area contributed by atoms with Gasteiger partial charge in [0.15, 0.2) is 0 Å². The van der Waals surface area contributed by atoms with Gasteiger partial charge in [-0.25, -0.2) is 13.4 Å². The van der Waals surface area contributed by atoms with E-state index in [0.717, 1.165) is 12.8 Å². The quantitative estimate of drug-likeness (QED) is 0.688. The fourth-order valence-corrected chi connectivity index (χ4v) is 6.32. The summed E-state index contributed by atoms with van der Waals surface area (Å²) in [6.07, 6.45) is 5.81. The molecule has 2 fully saturated rings. The van der Waals surface area contributed by atoms with E-state index in [0.29, 0.717) is 32.5 Å². The highest BCUT2D eigenvalue weighted by Crippen LogP contribution is 2.43. The van der Waals surface area contributed by atoms with Crippen molar-refractivity contribution in [1.82, 2.24) is 14.6 Å². The summed E-state index contributed by atoms with van der Waals surface area (Å²) in [4.78, 5) is 16.7. The van der Waals surface area contributed by atoms with Crippen LogP contribution in [0.5, 0.6) is 0 Å². The van der Waals surface area contributed by atoms with E-state index in [9.17, 15) is 13.2 Å². The Hall–Kier alpha value is -1.96. The largest absolute Gasteiger partial charge is 0.355 e. The van der Waals surface area contributed by atoms with Crippen LogP contribution in [0.15, 0.2) is 53.6 Å². The van der Waals surface area contributed by atoms with Crippen LogP contribution >= 0.6 is 11.6 Å². The zero-order chi connectivity index (χ0) is 21.2. The van der Waals surface area contributed by atoms with Crippen molar-refractivity contribution in [2.45, 2.75) is 42.4 Å². The Kier molecular flexibility index (Phi) is 6.14. The van der Waals surface area contributed by atoms with Crippen LogP contribution in [0.25, 0.3) is 0 Å². The number of nitrogens with zero attached hydrogens (tertiary/aromatic N) is 2. The van der Waals surface area contributed by atoms with E-state index in [2.05, 4.69) is 22.4 Å². The number of benzene rings is 1. The van der Waals surface area contributed by atoms with Gasteiger partial charge < -0.3 is 5.32 Å². The molecule has 1 aromatic heterocycles. The van der Waals surface area contributed by atoms with Gasteiger partial charge in [-0.2, -0.15) is 4.31 Å². The lowest BCUT2D eigenvalue weighted by Crippen LogP contribution is -2.48. The van der Waals surface area contributed by atoms with Crippen LogP contribution in [0.4, 0.5) is 0 Å². The summed E-state index contributed by atoms with van der Waals surface area (Å²) in [5.74, 6) is -0.151. The maximum Gasteiger partial charge on any atom is 0.246 e. The molecule has 1 aromatic carbocycles. The normalized spacial score (nSPS) is 19.8. The van der Waals surface area contributed by atoms with Crippen molar-refractivity contribution < 1.29 is 13.2 Å². The first-order chi connectivity index (χ1) is 14.4. The van der Waals surface area contributed by atoms with Crippen molar-refractivity contribution in [3.63, 3.8) is 0 Å². The van der Waals surface area contributed by atoms with Crippen LogP contribution in [0.2, 0.25) is 5.15 Å². The monoisotopic (exact) mass is 447 g/mol. The van der Waals surface area contributed by atoms with Crippen molar-refractivity contribution in [2.75, 3.05) is 19.6 Å². The van der Waals surface area contributed by atoms with Crippen LogP contribution < -0.4 is 5.32 Å². The average Bonchev–Trinajstić information content (AvgIpc) is 2.74. The Morgan fingerprint density at radius 1 is 1.13 bits per heavy atom. The summed E-state index contributed by atoms with van der Waals surface area (Å²) in [5.41, 5.74) is 1.32. The summed E-state index contributed by atoms with van der Waals surface area (Å²) in [6, 6.07) is 13.4. The van der Waals surface area contributed by atoms with E-state index in [1.165, 1.54) is 28.6 Å². The Morgan fingerprint density at radius 2 is 1.83 bits per heavy atom. The predicted octanol–water partition coefficient (Wildman–Crippen LogP) is 3.37. The smallest absolute Gasteiger partial charge is 0.246 e. The van der Waals surface area contributed by atoms with Crippen molar-refractivity contribution in [3.8, 4) is 0 Å². The molecule has 0 spiro atoms. The third-order valence-corrected chi connectivity index (χ3v) is 8.81. The van der Waals surface area contributed by atoms with E-state index in [4.69, 9.17) is 11.6 Å². The molecule has 1 aliphatic carbocycles. The van der Waals surface area contributed by atoms with Crippen molar-refractivity contribution in [2.24, 2.45) is 5.92 Å². The van der Waals surface area contributed by atoms with E-state index < -0.39 is 10.0 Å². The molecule has 0 radical (unpaired) electrons. The molecular formula is C22H26ClN3O3S. The van der Waals surface area contributed by atoms with Gasteiger partial charge in [0.2, 0.25) is 15.9 Å². The standard InChI is InChI=1S/C22H26ClN3O3S/c23-20-19(8-4-13-24-20)30(28,29)26-14-9-17(10-15-26)21(27)25-16-22(11-5-12-22)18-6-2-1-3-7-18/h1-4,6-8,13,17H,5,9-12,14-16H2,(H,25,27).